The third-order valence-corrected chi connectivity index (χ3v) is 4.23. The Morgan fingerprint density at radius 3 is 2.57 bits per heavy atom. The van der Waals surface area contributed by atoms with Gasteiger partial charge in [0.05, 0.1) is 28.6 Å². The Hall–Kier alpha value is -2.91. The van der Waals surface area contributed by atoms with Gasteiger partial charge in [-0.15, -0.1) is 5.10 Å². The van der Waals surface area contributed by atoms with Gasteiger partial charge in [0, 0.05) is 6.54 Å². The van der Waals surface area contributed by atoms with Gasteiger partial charge in [0.15, 0.2) is 5.69 Å². The van der Waals surface area contributed by atoms with Crippen molar-refractivity contribution in [3.8, 4) is 5.69 Å². The number of carbonyl (C=O) groups excluding carboxylic acids is 1. The van der Waals surface area contributed by atoms with E-state index in [0.717, 1.165) is 12.1 Å². The minimum absolute atomic E-state index is 0.0729. The van der Waals surface area contributed by atoms with Crippen LogP contribution in [0.3, 0.4) is 0 Å². The Balaban J connectivity index is 1.69. The number of rotatable bonds is 5. The monoisotopic (exact) mass is 410 g/mol. The van der Waals surface area contributed by atoms with Crippen LogP contribution in [0.25, 0.3) is 5.69 Å². The Morgan fingerprint density at radius 1 is 1.18 bits per heavy atom. The van der Waals surface area contributed by atoms with E-state index in [1.807, 2.05) is 0 Å². The minimum Gasteiger partial charge on any atom is -0.387 e. The second-order valence-electron chi connectivity index (χ2n) is 5.81. The molecule has 0 aliphatic heterocycles. The first kappa shape index (κ1) is 19.8. The fourth-order valence-electron chi connectivity index (χ4n) is 2.56. The fraction of sp³-hybridized carbons (Fsp3) is 0.167. The van der Waals surface area contributed by atoms with Crippen LogP contribution in [0.4, 0.5) is 13.2 Å². The largest absolute Gasteiger partial charge is 0.416 e. The molecule has 0 radical (unpaired) electrons. The number of nitrogens with one attached hydrogen (secondary N) is 1. The topological polar surface area (TPSA) is 80.0 Å². The lowest BCUT2D eigenvalue weighted by Crippen LogP contribution is -2.29. The van der Waals surface area contributed by atoms with E-state index in [1.165, 1.54) is 23.0 Å². The van der Waals surface area contributed by atoms with Gasteiger partial charge in [0.1, 0.15) is 0 Å². The summed E-state index contributed by atoms with van der Waals surface area (Å²) in [4.78, 5) is 12.2. The van der Waals surface area contributed by atoms with Crippen LogP contribution in [-0.4, -0.2) is 32.6 Å². The third-order valence-electron chi connectivity index (χ3n) is 3.91. The Labute approximate surface area is 162 Å². The van der Waals surface area contributed by atoms with E-state index in [-0.39, 0.29) is 11.3 Å². The number of alkyl halides is 3. The second-order valence-corrected chi connectivity index (χ2v) is 6.22. The van der Waals surface area contributed by atoms with Gasteiger partial charge in [-0.1, -0.05) is 47.1 Å². The first-order chi connectivity index (χ1) is 13.3. The molecule has 146 valence electrons. The molecule has 3 rings (SSSR count). The molecule has 1 aromatic heterocycles. The summed E-state index contributed by atoms with van der Waals surface area (Å²) >= 11 is 6.06. The number of aliphatic hydroxyl groups excluding tert-OH is 1. The highest BCUT2D eigenvalue weighted by Crippen LogP contribution is 2.34. The fourth-order valence-corrected chi connectivity index (χ4v) is 2.78. The first-order valence-electron chi connectivity index (χ1n) is 8.07. The molecule has 0 saturated carbocycles. The molecule has 1 heterocycles. The van der Waals surface area contributed by atoms with Crippen molar-refractivity contribution in [2.45, 2.75) is 12.3 Å². The molecule has 3 aromatic rings. The zero-order valence-electron chi connectivity index (χ0n) is 14.2. The zero-order valence-corrected chi connectivity index (χ0v) is 14.9. The summed E-state index contributed by atoms with van der Waals surface area (Å²) in [6, 6.07) is 11.4. The van der Waals surface area contributed by atoms with Crippen LogP contribution >= 0.6 is 11.6 Å². The number of nitrogens with zero attached hydrogens (tertiary/aromatic N) is 3. The summed E-state index contributed by atoms with van der Waals surface area (Å²) in [6.45, 7) is -0.426. The molecule has 10 heteroatoms. The highest BCUT2D eigenvalue weighted by molar-refractivity contribution is 6.32. The van der Waals surface area contributed by atoms with E-state index >= 15 is 0 Å². The number of benzene rings is 2. The molecular formula is C18H14ClF3N4O2. The SMILES string of the molecule is O=C(NCC(O)c1ccccc1C(F)(F)F)c1cn(-c2ccccc2Cl)nn1. The molecule has 2 N–H and O–H groups in total. The van der Waals surface area contributed by atoms with Crippen LogP contribution in [0.5, 0.6) is 0 Å². The van der Waals surface area contributed by atoms with Crippen molar-refractivity contribution in [3.05, 3.63) is 76.6 Å². The number of para-hydroxylation sites is 1. The molecule has 1 atom stereocenters. The summed E-state index contributed by atoms with van der Waals surface area (Å²) in [5.74, 6) is -0.693. The summed E-state index contributed by atoms with van der Waals surface area (Å²) in [5, 5.41) is 20.4. The van der Waals surface area contributed by atoms with Crippen LogP contribution < -0.4 is 5.32 Å². The van der Waals surface area contributed by atoms with E-state index in [0.29, 0.717) is 10.7 Å². The molecule has 0 fully saturated rings. The van der Waals surface area contributed by atoms with E-state index in [1.54, 1.807) is 24.3 Å². The van der Waals surface area contributed by atoms with Gasteiger partial charge in [-0.3, -0.25) is 4.79 Å². The second kappa shape index (κ2) is 7.99. The van der Waals surface area contributed by atoms with Crippen molar-refractivity contribution in [1.82, 2.24) is 20.3 Å². The molecule has 0 spiro atoms. The van der Waals surface area contributed by atoms with Crippen LogP contribution in [0.15, 0.2) is 54.7 Å². The maximum absolute atomic E-state index is 13.0. The molecule has 28 heavy (non-hydrogen) atoms. The van der Waals surface area contributed by atoms with E-state index in [4.69, 9.17) is 11.6 Å². The lowest BCUT2D eigenvalue weighted by atomic mass is 10.0. The first-order valence-corrected chi connectivity index (χ1v) is 8.45. The quantitative estimate of drug-likeness (QED) is 0.675. The van der Waals surface area contributed by atoms with Gasteiger partial charge in [0.2, 0.25) is 0 Å². The molecule has 0 bridgehead atoms. The normalized spacial score (nSPS) is 12.6. The molecule has 0 aliphatic rings. The van der Waals surface area contributed by atoms with Crippen LogP contribution in [-0.2, 0) is 6.18 Å². The minimum atomic E-state index is -4.61. The lowest BCUT2D eigenvalue weighted by molar-refractivity contribution is -0.139. The number of hydrogen-bond donors (Lipinski definition) is 2. The van der Waals surface area contributed by atoms with Gasteiger partial charge in [-0.2, -0.15) is 13.2 Å². The van der Waals surface area contributed by atoms with Gasteiger partial charge in [-0.05, 0) is 23.8 Å². The number of carbonyl (C=O) groups is 1. The number of aliphatic hydroxyl groups is 1. The average molecular weight is 411 g/mol. The van der Waals surface area contributed by atoms with Crippen molar-refractivity contribution in [2.75, 3.05) is 6.54 Å². The van der Waals surface area contributed by atoms with Crippen molar-refractivity contribution in [2.24, 2.45) is 0 Å². The van der Waals surface area contributed by atoms with Crippen LogP contribution in [0.2, 0.25) is 5.02 Å². The number of aromatic nitrogens is 3. The van der Waals surface area contributed by atoms with Gasteiger partial charge in [-0.25, -0.2) is 4.68 Å². The predicted molar refractivity (Wildman–Crippen MR) is 95.1 cm³/mol. The molecule has 2 aromatic carbocycles. The standard InChI is InChI=1S/C18H14ClF3N4O2/c19-13-7-3-4-8-15(13)26-10-14(24-25-26)17(28)23-9-16(27)11-5-1-2-6-12(11)18(20,21)22/h1-8,10,16,27H,9H2,(H,23,28). The van der Waals surface area contributed by atoms with E-state index in [9.17, 15) is 23.1 Å². The van der Waals surface area contributed by atoms with Gasteiger partial charge < -0.3 is 10.4 Å². The highest BCUT2D eigenvalue weighted by atomic mass is 35.5. The van der Waals surface area contributed by atoms with Crippen molar-refractivity contribution in [1.29, 1.82) is 0 Å². The van der Waals surface area contributed by atoms with Gasteiger partial charge in [0.25, 0.3) is 5.91 Å². The third kappa shape index (κ3) is 4.32. The molecule has 1 unspecified atom stereocenters. The zero-order chi connectivity index (χ0) is 20.3. The summed E-state index contributed by atoms with van der Waals surface area (Å²) in [6.07, 6.45) is -4.83. The smallest absolute Gasteiger partial charge is 0.387 e. The van der Waals surface area contributed by atoms with E-state index < -0.39 is 30.3 Å². The molecule has 6 nitrogen and oxygen atoms in total. The highest BCUT2D eigenvalue weighted by Gasteiger charge is 2.34. The summed E-state index contributed by atoms with van der Waals surface area (Å²) < 4.78 is 40.4. The number of amides is 1. The van der Waals surface area contributed by atoms with E-state index in [2.05, 4.69) is 15.6 Å². The van der Waals surface area contributed by atoms with Crippen molar-refractivity contribution < 1.29 is 23.1 Å². The van der Waals surface area contributed by atoms with Crippen LogP contribution in [0, 0.1) is 0 Å². The molecule has 0 aliphatic carbocycles. The number of halogens is 4. The molecular weight excluding hydrogens is 397 g/mol. The maximum Gasteiger partial charge on any atom is 0.416 e. The maximum atomic E-state index is 13.0. The molecule has 1 amide bonds. The van der Waals surface area contributed by atoms with Crippen molar-refractivity contribution >= 4 is 17.5 Å². The Kier molecular flexibility index (Phi) is 5.66. The van der Waals surface area contributed by atoms with Crippen molar-refractivity contribution in [3.63, 3.8) is 0 Å². The Morgan fingerprint density at radius 2 is 1.86 bits per heavy atom. The summed E-state index contributed by atoms with van der Waals surface area (Å²) in [7, 11) is 0. The van der Waals surface area contributed by atoms with Crippen LogP contribution in [0.1, 0.15) is 27.7 Å². The predicted octanol–water partition coefficient (Wildman–Crippen LogP) is 3.40. The summed E-state index contributed by atoms with van der Waals surface area (Å²) in [5.41, 5.74) is -0.845. The number of hydrogen-bond acceptors (Lipinski definition) is 4. The average Bonchev–Trinajstić information content (AvgIpc) is 3.15. The molecule has 0 saturated heterocycles. The lowest BCUT2D eigenvalue weighted by Gasteiger charge is -2.17. The van der Waals surface area contributed by atoms with Gasteiger partial charge >= 0.3 is 6.18 Å². The Bertz CT molecular complexity index is 991.